The molecule has 372 valence electrons. The number of ether oxygens (including phenoxy) is 3. The van der Waals surface area contributed by atoms with Crippen LogP contribution in [0.4, 0.5) is 0 Å². The first-order valence-corrected chi connectivity index (χ1v) is 26.7. The van der Waals surface area contributed by atoms with Gasteiger partial charge in [-0.1, -0.05) is 239 Å². The molecule has 0 bridgehead atoms. The minimum Gasteiger partial charge on any atom is -0.462 e. The second kappa shape index (κ2) is 53.4. The third kappa shape index (κ3) is 50.8. The lowest BCUT2D eigenvalue weighted by Gasteiger charge is -2.18. The average molecular weight is 913 g/mol. The lowest BCUT2D eigenvalue weighted by molar-refractivity contribution is -0.167. The minimum absolute atomic E-state index is 0.109. The van der Waals surface area contributed by atoms with Crippen molar-refractivity contribution in [2.75, 3.05) is 13.2 Å². The van der Waals surface area contributed by atoms with E-state index in [0.717, 1.165) is 96.3 Å². The van der Waals surface area contributed by atoms with E-state index in [1.54, 1.807) is 0 Å². The van der Waals surface area contributed by atoms with Gasteiger partial charge in [-0.3, -0.25) is 14.4 Å². The van der Waals surface area contributed by atoms with Crippen molar-refractivity contribution in [3.8, 4) is 0 Å². The fourth-order valence-electron chi connectivity index (χ4n) is 6.89. The molecule has 0 saturated carbocycles. The molecule has 0 aromatic rings. The molecule has 0 aliphatic carbocycles. The summed E-state index contributed by atoms with van der Waals surface area (Å²) in [6, 6.07) is 0. The van der Waals surface area contributed by atoms with Gasteiger partial charge in [0.05, 0.1) is 0 Å². The summed E-state index contributed by atoms with van der Waals surface area (Å²) in [6.07, 6.45) is 73.2. The van der Waals surface area contributed by atoms with Gasteiger partial charge in [-0.15, -0.1) is 0 Å². The summed E-state index contributed by atoms with van der Waals surface area (Å²) in [5.74, 6) is -0.981. The predicted octanol–water partition coefficient (Wildman–Crippen LogP) is 17.7. The van der Waals surface area contributed by atoms with Crippen LogP contribution < -0.4 is 0 Å². The molecule has 0 aliphatic heterocycles. The van der Waals surface area contributed by atoms with E-state index in [0.29, 0.717) is 19.3 Å². The van der Waals surface area contributed by atoms with Crippen LogP contribution in [-0.2, 0) is 28.6 Å². The van der Waals surface area contributed by atoms with Gasteiger partial charge in [0.25, 0.3) is 0 Å². The number of esters is 3. The molecule has 0 amide bonds. The number of hydrogen-bond donors (Lipinski definition) is 0. The molecule has 0 heterocycles. The highest BCUT2D eigenvalue weighted by Gasteiger charge is 2.19. The largest absolute Gasteiger partial charge is 0.462 e. The molecule has 0 aliphatic rings. The summed E-state index contributed by atoms with van der Waals surface area (Å²) in [4.78, 5) is 38.0. The van der Waals surface area contributed by atoms with Crippen molar-refractivity contribution in [2.45, 2.75) is 226 Å². The first-order valence-electron chi connectivity index (χ1n) is 26.7. The normalized spacial score (nSPS) is 13.1. The van der Waals surface area contributed by atoms with Crippen LogP contribution in [0.15, 0.2) is 122 Å². The van der Waals surface area contributed by atoms with Crippen LogP contribution in [0.5, 0.6) is 0 Å². The monoisotopic (exact) mass is 913 g/mol. The molecule has 6 heteroatoms. The first kappa shape index (κ1) is 61.8. The van der Waals surface area contributed by atoms with Gasteiger partial charge >= 0.3 is 17.9 Å². The Balaban J connectivity index is 4.51. The summed E-state index contributed by atoms with van der Waals surface area (Å²) in [5.41, 5.74) is 0. The first-order chi connectivity index (χ1) is 32.5. The van der Waals surface area contributed by atoms with Crippen LogP contribution in [0, 0.1) is 0 Å². The Labute approximate surface area is 405 Å². The van der Waals surface area contributed by atoms with Crippen molar-refractivity contribution in [1.29, 1.82) is 0 Å². The van der Waals surface area contributed by atoms with Crippen LogP contribution in [0.1, 0.15) is 220 Å². The number of unbranched alkanes of at least 4 members (excludes halogenated alkanes) is 22. The number of carbonyl (C=O) groups is 3. The van der Waals surface area contributed by atoms with Gasteiger partial charge in [-0.05, 0) is 83.5 Å². The maximum atomic E-state index is 12.8. The van der Waals surface area contributed by atoms with E-state index in [1.807, 2.05) is 66.8 Å². The van der Waals surface area contributed by atoms with Gasteiger partial charge < -0.3 is 14.2 Å². The van der Waals surface area contributed by atoms with E-state index < -0.39 is 6.10 Å². The zero-order valence-electron chi connectivity index (χ0n) is 42.4. The summed E-state index contributed by atoms with van der Waals surface area (Å²) < 4.78 is 16.8. The van der Waals surface area contributed by atoms with Gasteiger partial charge in [-0.25, -0.2) is 0 Å². The molecule has 0 saturated heterocycles. The molecule has 0 radical (unpaired) electrons. The lowest BCUT2D eigenvalue weighted by Crippen LogP contribution is -2.30. The zero-order valence-corrected chi connectivity index (χ0v) is 42.4. The fraction of sp³-hybridized carbons (Fsp3) is 0.617. The van der Waals surface area contributed by atoms with E-state index >= 15 is 0 Å². The molecular weight excluding hydrogens is 817 g/mol. The van der Waals surface area contributed by atoms with E-state index in [9.17, 15) is 14.4 Å². The quantitative estimate of drug-likeness (QED) is 0.0199. The van der Waals surface area contributed by atoms with Crippen molar-refractivity contribution in [1.82, 2.24) is 0 Å². The molecule has 0 rings (SSSR count). The number of allylic oxidation sites excluding steroid dienone is 20. The number of carbonyl (C=O) groups excluding carboxylic acids is 3. The summed E-state index contributed by atoms with van der Waals surface area (Å²) in [6.45, 7) is 6.33. The molecular formula is C60H96O6. The fourth-order valence-corrected chi connectivity index (χ4v) is 6.89. The maximum absolute atomic E-state index is 12.8. The predicted molar refractivity (Wildman–Crippen MR) is 283 cm³/mol. The molecule has 0 N–H and O–H groups in total. The Hall–Kier alpha value is -4.19. The SMILES string of the molecule is CC/C=C/C=C/C=C/C=C/CCCCCC(=O)OCC(COC(=O)CCCCCCC/C=C/C=C/C=C/C=C/C=C/CCC)OC(=O)CCCCCCCCC/C=C/CCCCCCCC. The van der Waals surface area contributed by atoms with Gasteiger partial charge in [-0.2, -0.15) is 0 Å². The Morgan fingerprint density at radius 3 is 1.05 bits per heavy atom. The molecule has 66 heavy (non-hydrogen) atoms. The summed E-state index contributed by atoms with van der Waals surface area (Å²) >= 11 is 0. The van der Waals surface area contributed by atoms with Crippen LogP contribution >= 0.6 is 0 Å². The summed E-state index contributed by atoms with van der Waals surface area (Å²) in [7, 11) is 0. The van der Waals surface area contributed by atoms with E-state index in [2.05, 4.69) is 75.5 Å². The smallest absolute Gasteiger partial charge is 0.306 e. The second-order valence-electron chi connectivity index (χ2n) is 17.3. The van der Waals surface area contributed by atoms with E-state index in [-0.39, 0.29) is 31.1 Å². The molecule has 1 unspecified atom stereocenters. The van der Waals surface area contributed by atoms with Crippen molar-refractivity contribution in [3.05, 3.63) is 122 Å². The Kier molecular flexibility index (Phi) is 50.0. The topological polar surface area (TPSA) is 78.9 Å². The van der Waals surface area contributed by atoms with Crippen LogP contribution in [-0.4, -0.2) is 37.2 Å². The number of rotatable bonds is 46. The third-order valence-corrected chi connectivity index (χ3v) is 10.9. The van der Waals surface area contributed by atoms with E-state index in [1.165, 1.54) is 83.5 Å². The van der Waals surface area contributed by atoms with Crippen LogP contribution in [0.25, 0.3) is 0 Å². The zero-order chi connectivity index (χ0) is 47.9. The van der Waals surface area contributed by atoms with Gasteiger partial charge in [0.15, 0.2) is 6.10 Å². The Morgan fingerprint density at radius 1 is 0.318 bits per heavy atom. The van der Waals surface area contributed by atoms with E-state index in [4.69, 9.17) is 14.2 Å². The molecule has 0 spiro atoms. The van der Waals surface area contributed by atoms with Crippen molar-refractivity contribution >= 4 is 17.9 Å². The van der Waals surface area contributed by atoms with Crippen LogP contribution in [0.3, 0.4) is 0 Å². The van der Waals surface area contributed by atoms with Gasteiger partial charge in [0.2, 0.25) is 0 Å². The maximum Gasteiger partial charge on any atom is 0.306 e. The molecule has 6 nitrogen and oxygen atoms in total. The standard InChI is InChI=1S/C60H96O6/c1-4-7-10-13-16-19-22-25-27-29-31-32-35-38-41-44-47-50-53-59(62)65-56-57(55-64-58(61)52-49-46-43-40-37-34-24-21-18-15-12-9-6-3)66-60(63)54-51-48-45-42-39-36-33-30-28-26-23-20-17-14-11-8-5-2/h9-10,12-13,15-16,18-19,21-22,24-29,31-32,34,37,57H,4-8,11,14,17,20,23,30,33,35-36,38-56H2,1-3H3/b12-9+,13-10+,18-15+,19-16+,24-21+,25-22+,28-26+,29-27+,32-31+,37-34+. The van der Waals surface area contributed by atoms with Crippen molar-refractivity contribution < 1.29 is 28.6 Å². The molecule has 0 aromatic heterocycles. The highest BCUT2D eigenvalue weighted by Crippen LogP contribution is 2.14. The molecule has 0 aromatic carbocycles. The Bertz CT molecular complexity index is 1420. The van der Waals surface area contributed by atoms with Crippen LogP contribution in [0.2, 0.25) is 0 Å². The number of hydrogen-bond acceptors (Lipinski definition) is 6. The summed E-state index contributed by atoms with van der Waals surface area (Å²) in [5, 5.41) is 0. The molecule has 1 atom stereocenters. The average Bonchev–Trinajstić information content (AvgIpc) is 3.31. The lowest BCUT2D eigenvalue weighted by atomic mass is 10.1. The highest BCUT2D eigenvalue weighted by atomic mass is 16.6. The van der Waals surface area contributed by atoms with Gasteiger partial charge in [0, 0.05) is 19.3 Å². The minimum atomic E-state index is -0.811. The second-order valence-corrected chi connectivity index (χ2v) is 17.3. The van der Waals surface area contributed by atoms with Gasteiger partial charge in [0.1, 0.15) is 13.2 Å². The van der Waals surface area contributed by atoms with Crippen molar-refractivity contribution in [3.63, 3.8) is 0 Å². The Morgan fingerprint density at radius 2 is 0.636 bits per heavy atom. The highest BCUT2D eigenvalue weighted by molar-refractivity contribution is 5.71. The molecule has 0 fully saturated rings. The third-order valence-electron chi connectivity index (χ3n) is 10.9. The van der Waals surface area contributed by atoms with Crippen molar-refractivity contribution in [2.24, 2.45) is 0 Å².